The molecule has 1 spiro atoms. The number of carbonyl (C=O) groups is 1. The molecule has 2 aliphatic heterocycles. The summed E-state index contributed by atoms with van der Waals surface area (Å²) in [6.07, 6.45) is 4.00. The molecule has 138 valence electrons. The van der Waals surface area contributed by atoms with Crippen molar-refractivity contribution in [3.63, 3.8) is 0 Å². The molecular weight excluding hydrogens is 359 g/mol. The number of hydrogen-bond donors (Lipinski definition) is 0. The van der Waals surface area contributed by atoms with Gasteiger partial charge >= 0.3 is 0 Å². The number of nitrogens with zero attached hydrogens (tertiary/aromatic N) is 2. The van der Waals surface area contributed by atoms with Crippen molar-refractivity contribution in [2.24, 2.45) is 5.41 Å². The highest BCUT2D eigenvalue weighted by Gasteiger charge is 2.41. The average molecular weight is 385 g/mol. The molecule has 25 heavy (non-hydrogen) atoms. The number of ether oxygens (including phenoxy) is 1. The van der Waals surface area contributed by atoms with E-state index < -0.39 is 0 Å². The summed E-state index contributed by atoms with van der Waals surface area (Å²) >= 11 is 12.3. The maximum absolute atomic E-state index is 12.2. The zero-order valence-corrected chi connectivity index (χ0v) is 16.3. The van der Waals surface area contributed by atoms with E-state index >= 15 is 0 Å². The molecule has 2 aliphatic rings. The molecule has 0 radical (unpaired) electrons. The normalized spacial score (nSPS) is 24.9. The van der Waals surface area contributed by atoms with E-state index in [1.807, 2.05) is 17.0 Å². The molecule has 1 atom stereocenters. The van der Waals surface area contributed by atoms with E-state index in [-0.39, 0.29) is 11.3 Å². The summed E-state index contributed by atoms with van der Waals surface area (Å²) in [6.45, 7) is 5.11. The number of methoxy groups -OCH3 is 1. The van der Waals surface area contributed by atoms with E-state index in [1.54, 1.807) is 13.2 Å². The van der Waals surface area contributed by atoms with Crippen molar-refractivity contribution in [3.8, 4) is 0 Å². The smallest absolute Gasteiger partial charge is 0.222 e. The summed E-state index contributed by atoms with van der Waals surface area (Å²) in [7, 11) is 1.68. The lowest BCUT2D eigenvalue weighted by molar-refractivity contribution is -0.140. The number of rotatable bonds is 5. The number of hydrogen-bond acceptors (Lipinski definition) is 3. The molecule has 0 aliphatic carbocycles. The summed E-state index contributed by atoms with van der Waals surface area (Å²) in [4.78, 5) is 16.7. The lowest BCUT2D eigenvalue weighted by Gasteiger charge is -2.48. The van der Waals surface area contributed by atoms with Gasteiger partial charge in [-0.1, -0.05) is 23.2 Å². The molecule has 0 aromatic heterocycles. The zero-order chi connectivity index (χ0) is 17.9. The van der Waals surface area contributed by atoms with Crippen molar-refractivity contribution >= 4 is 29.1 Å². The Balaban J connectivity index is 1.66. The van der Waals surface area contributed by atoms with Crippen LogP contribution in [0.15, 0.2) is 18.2 Å². The van der Waals surface area contributed by atoms with Gasteiger partial charge in [0.15, 0.2) is 0 Å². The second-order valence-electron chi connectivity index (χ2n) is 7.40. The fourth-order valence-corrected chi connectivity index (χ4v) is 4.82. The van der Waals surface area contributed by atoms with Crippen LogP contribution in [0, 0.1) is 5.41 Å². The van der Waals surface area contributed by atoms with Gasteiger partial charge in [0.05, 0.1) is 6.61 Å². The molecule has 6 heteroatoms. The van der Waals surface area contributed by atoms with Gasteiger partial charge in [0.1, 0.15) is 0 Å². The lowest BCUT2D eigenvalue weighted by atomic mass is 9.73. The highest BCUT2D eigenvalue weighted by molar-refractivity contribution is 6.34. The molecule has 1 aromatic rings. The van der Waals surface area contributed by atoms with Crippen LogP contribution >= 0.6 is 23.2 Å². The minimum Gasteiger partial charge on any atom is -0.383 e. The molecule has 2 heterocycles. The Morgan fingerprint density at radius 3 is 2.64 bits per heavy atom. The number of amides is 1. The molecule has 0 bridgehead atoms. The van der Waals surface area contributed by atoms with Gasteiger partial charge < -0.3 is 9.64 Å². The summed E-state index contributed by atoms with van der Waals surface area (Å²) < 4.78 is 5.16. The van der Waals surface area contributed by atoms with Crippen molar-refractivity contribution in [2.75, 3.05) is 39.9 Å². The van der Waals surface area contributed by atoms with Gasteiger partial charge in [0.25, 0.3) is 0 Å². The first-order valence-electron chi connectivity index (χ1n) is 8.94. The minimum absolute atomic E-state index is 0.211. The Hall–Kier alpha value is -0.810. The highest BCUT2D eigenvalue weighted by Crippen LogP contribution is 2.39. The van der Waals surface area contributed by atoms with E-state index in [2.05, 4.69) is 4.90 Å². The SMILES string of the molecule is COCCN1C[C@@]2(CCCN(Cc3cc(Cl)cc(Cl)c3)C2)CCC1=O. The monoisotopic (exact) mass is 384 g/mol. The van der Waals surface area contributed by atoms with Gasteiger partial charge in [-0.25, -0.2) is 0 Å². The molecule has 0 N–H and O–H groups in total. The summed E-state index contributed by atoms with van der Waals surface area (Å²) in [5, 5.41) is 1.37. The van der Waals surface area contributed by atoms with Gasteiger partial charge in [-0.3, -0.25) is 9.69 Å². The average Bonchev–Trinajstić information content (AvgIpc) is 2.55. The highest BCUT2D eigenvalue weighted by atomic mass is 35.5. The molecule has 4 nitrogen and oxygen atoms in total. The van der Waals surface area contributed by atoms with E-state index in [4.69, 9.17) is 27.9 Å². The molecule has 1 aromatic carbocycles. The summed E-state index contributed by atoms with van der Waals surface area (Å²) in [6, 6.07) is 5.75. The van der Waals surface area contributed by atoms with Crippen LogP contribution in [-0.2, 0) is 16.1 Å². The summed E-state index contributed by atoms with van der Waals surface area (Å²) in [5.74, 6) is 0.265. The predicted octanol–water partition coefficient (Wildman–Crippen LogP) is 3.84. The van der Waals surface area contributed by atoms with Crippen molar-refractivity contribution in [1.29, 1.82) is 0 Å². The van der Waals surface area contributed by atoms with E-state index in [9.17, 15) is 4.79 Å². The number of carbonyl (C=O) groups excluding carboxylic acids is 1. The second kappa shape index (κ2) is 8.26. The first-order chi connectivity index (χ1) is 12.0. The molecular formula is C19H26Cl2N2O2. The van der Waals surface area contributed by atoms with Crippen LogP contribution < -0.4 is 0 Å². The minimum atomic E-state index is 0.211. The largest absolute Gasteiger partial charge is 0.383 e. The van der Waals surface area contributed by atoms with Gasteiger partial charge in [0, 0.05) is 55.2 Å². The first-order valence-corrected chi connectivity index (χ1v) is 9.69. The molecule has 2 saturated heterocycles. The Morgan fingerprint density at radius 1 is 1.16 bits per heavy atom. The Labute approximate surface area is 160 Å². The van der Waals surface area contributed by atoms with Crippen LogP contribution in [-0.4, -0.2) is 55.6 Å². The maximum Gasteiger partial charge on any atom is 0.222 e. The van der Waals surface area contributed by atoms with Crippen LogP contribution in [0.5, 0.6) is 0 Å². The van der Waals surface area contributed by atoms with E-state index in [0.29, 0.717) is 29.6 Å². The van der Waals surface area contributed by atoms with Gasteiger partial charge in [-0.05, 0) is 49.6 Å². The van der Waals surface area contributed by atoms with Gasteiger partial charge in [0.2, 0.25) is 5.91 Å². The number of benzene rings is 1. The molecule has 3 rings (SSSR count). The number of halogens is 2. The van der Waals surface area contributed by atoms with Crippen molar-refractivity contribution in [1.82, 2.24) is 9.80 Å². The molecule has 0 unspecified atom stereocenters. The van der Waals surface area contributed by atoms with Crippen LogP contribution in [0.3, 0.4) is 0 Å². The lowest BCUT2D eigenvalue weighted by Crippen LogP contribution is -2.54. The topological polar surface area (TPSA) is 32.8 Å². The molecule has 0 saturated carbocycles. The third-order valence-electron chi connectivity index (χ3n) is 5.38. The van der Waals surface area contributed by atoms with Crippen LogP contribution in [0.1, 0.15) is 31.2 Å². The van der Waals surface area contributed by atoms with Crippen molar-refractivity contribution in [3.05, 3.63) is 33.8 Å². The van der Waals surface area contributed by atoms with Crippen molar-refractivity contribution in [2.45, 2.75) is 32.2 Å². The molecule has 2 fully saturated rings. The van der Waals surface area contributed by atoms with Crippen LogP contribution in [0.2, 0.25) is 10.0 Å². The zero-order valence-electron chi connectivity index (χ0n) is 14.8. The van der Waals surface area contributed by atoms with E-state index in [0.717, 1.165) is 38.2 Å². The number of likely N-dealkylation sites (tertiary alicyclic amines) is 2. The maximum atomic E-state index is 12.2. The quantitative estimate of drug-likeness (QED) is 0.772. The molecule has 1 amide bonds. The van der Waals surface area contributed by atoms with Crippen LogP contribution in [0.4, 0.5) is 0 Å². The Bertz CT molecular complexity index is 605. The third kappa shape index (κ3) is 4.88. The van der Waals surface area contributed by atoms with E-state index in [1.165, 1.54) is 12.8 Å². The Morgan fingerprint density at radius 2 is 1.92 bits per heavy atom. The van der Waals surface area contributed by atoms with Crippen molar-refractivity contribution < 1.29 is 9.53 Å². The fourth-order valence-electron chi connectivity index (χ4n) is 4.25. The van der Waals surface area contributed by atoms with Crippen LogP contribution in [0.25, 0.3) is 0 Å². The first kappa shape index (κ1) is 19.0. The third-order valence-corrected chi connectivity index (χ3v) is 5.82. The fraction of sp³-hybridized carbons (Fsp3) is 0.632. The standard InChI is InChI=1S/C19H26Cl2N2O2/c1-25-8-7-23-14-19(5-3-18(23)24)4-2-6-22(13-19)12-15-9-16(20)11-17(21)10-15/h9-11H,2-8,12-14H2,1H3/t19-/m0/s1. The summed E-state index contributed by atoms with van der Waals surface area (Å²) in [5.41, 5.74) is 1.36. The van der Waals surface area contributed by atoms with Gasteiger partial charge in [-0.15, -0.1) is 0 Å². The number of piperidine rings is 2. The second-order valence-corrected chi connectivity index (χ2v) is 8.27. The Kier molecular flexibility index (Phi) is 6.26. The van der Waals surface area contributed by atoms with Gasteiger partial charge in [-0.2, -0.15) is 0 Å². The predicted molar refractivity (Wildman–Crippen MR) is 101 cm³/mol.